The fraction of sp³-hybridized carbons (Fsp3) is 0.375. The van der Waals surface area contributed by atoms with Crippen LogP contribution >= 0.6 is 0 Å². The summed E-state index contributed by atoms with van der Waals surface area (Å²) < 4.78 is 5.54. The number of aliphatic carboxylic acids is 1. The number of benzene rings is 1. The molecule has 1 aromatic carbocycles. The lowest BCUT2D eigenvalue weighted by Gasteiger charge is -2.06. The predicted octanol–water partition coefficient (Wildman–Crippen LogP) is 2.47. The molecule has 0 saturated heterocycles. The molecule has 0 heterocycles. The minimum atomic E-state index is -1.06. The molecule has 1 amide bonds. The van der Waals surface area contributed by atoms with Gasteiger partial charge in [0.1, 0.15) is 11.8 Å². The summed E-state index contributed by atoms with van der Waals surface area (Å²) in [6, 6.07) is 6.45. The van der Waals surface area contributed by atoms with E-state index >= 15 is 0 Å². The number of hydrogen-bond donors (Lipinski definition) is 2. The van der Waals surface area contributed by atoms with Crippen molar-refractivity contribution in [3.63, 3.8) is 0 Å². The van der Waals surface area contributed by atoms with E-state index in [1.54, 1.807) is 6.08 Å². The first-order chi connectivity index (χ1) is 10.0. The van der Waals surface area contributed by atoms with Gasteiger partial charge in [0, 0.05) is 6.08 Å². The molecule has 0 bridgehead atoms. The highest BCUT2D eigenvalue weighted by Crippen LogP contribution is 2.13. The predicted molar refractivity (Wildman–Crippen MR) is 81.1 cm³/mol. The van der Waals surface area contributed by atoms with Gasteiger partial charge in [0.05, 0.1) is 6.61 Å². The van der Waals surface area contributed by atoms with Gasteiger partial charge in [0.15, 0.2) is 0 Å². The van der Waals surface area contributed by atoms with Gasteiger partial charge in [-0.15, -0.1) is 0 Å². The van der Waals surface area contributed by atoms with Crippen LogP contribution in [0.2, 0.25) is 0 Å². The Labute approximate surface area is 124 Å². The standard InChI is InChI=1S/C16H21NO4/c1-3-4-11-21-14-8-5-13(6-9-14)7-10-15(18)17-12(2)16(19)20/h5-10,12H,3-4,11H2,1-2H3,(H,17,18)(H,19,20)/b10-7+. The zero-order valence-corrected chi connectivity index (χ0v) is 12.3. The van der Waals surface area contributed by atoms with Gasteiger partial charge in [-0.25, -0.2) is 0 Å². The van der Waals surface area contributed by atoms with E-state index in [1.807, 2.05) is 24.3 Å². The van der Waals surface area contributed by atoms with Crippen LogP contribution < -0.4 is 10.1 Å². The van der Waals surface area contributed by atoms with Gasteiger partial charge in [-0.05, 0) is 37.1 Å². The number of rotatable bonds is 8. The lowest BCUT2D eigenvalue weighted by atomic mass is 10.2. The fourth-order valence-corrected chi connectivity index (χ4v) is 1.50. The minimum absolute atomic E-state index is 0.437. The van der Waals surface area contributed by atoms with E-state index in [9.17, 15) is 9.59 Å². The normalized spacial score (nSPS) is 12.1. The number of carbonyl (C=O) groups is 2. The van der Waals surface area contributed by atoms with Crippen molar-refractivity contribution in [2.24, 2.45) is 0 Å². The van der Waals surface area contributed by atoms with Gasteiger partial charge >= 0.3 is 5.97 Å². The van der Waals surface area contributed by atoms with Crippen molar-refractivity contribution in [2.75, 3.05) is 6.61 Å². The summed E-state index contributed by atoms with van der Waals surface area (Å²) in [6.45, 7) is 4.21. The molecule has 2 N–H and O–H groups in total. The lowest BCUT2D eigenvalue weighted by Crippen LogP contribution is -2.37. The van der Waals surface area contributed by atoms with Crippen molar-refractivity contribution in [3.05, 3.63) is 35.9 Å². The van der Waals surface area contributed by atoms with E-state index in [4.69, 9.17) is 9.84 Å². The molecule has 5 heteroatoms. The third-order valence-corrected chi connectivity index (χ3v) is 2.80. The first kappa shape index (κ1) is 16.8. The summed E-state index contributed by atoms with van der Waals surface area (Å²) in [4.78, 5) is 22.1. The molecule has 1 unspecified atom stereocenters. The molecule has 0 aromatic heterocycles. The highest BCUT2D eigenvalue weighted by atomic mass is 16.5. The molecule has 0 saturated carbocycles. The van der Waals surface area contributed by atoms with Crippen LogP contribution in [0.3, 0.4) is 0 Å². The second-order valence-electron chi connectivity index (χ2n) is 4.67. The Balaban J connectivity index is 2.49. The third kappa shape index (κ3) is 6.61. The Morgan fingerprint density at radius 2 is 2.00 bits per heavy atom. The van der Waals surface area contributed by atoms with Crippen molar-refractivity contribution in [1.82, 2.24) is 5.32 Å². The maximum absolute atomic E-state index is 11.5. The molecule has 0 radical (unpaired) electrons. The maximum Gasteiger partial charge on any atom is 0.325 e. The molecule has 1 rings (SSSR count). The van der Waals surface area contributed by atoms with Crippen LogP contribution in [0.25, 0.3) is 6.08 Å². The topological polar surface area (TPSA) is 75.6 Å². The average molecular weight is 291 g/mol. The molecule has 0 aliphatic carbocycles. The molecule has 1 atom stereocenters. The Hall–Kier alpha value is -2.30. The maximum atomic E-state index is 11.5. The minimum Gasteiger partial charge on any atom is -0.494 e. The molecule has 114 valence electrons. The number of carbonyl (C=O) groups excluding carboxylic acids is 1. The fourth-order valence-electron chi connectivity index (χ4n) is 1.50. The summed E-state index contributed by atoms with van der Waals surface area (Å²) >= 11 is 0. The SMILES string of the molecule is CCCCOc1ccc(/C=C/C(=O)NC(C)C(=O)O)cc1. The van der Waals surface area contributed by atoms with E-state index < -0.39 is 17.9 Å². The van der Waals surface area contributed by atoms with E-state index in [0.29, 0.717) is 6.61 Å². The lowest BCUT2D eigenvalue weighted by molar-refractivity contribution is -0.140. The van der Waals surface area contributed by atoms with Gasteiger partial charge in [0.25, 0.3) is 0 Å². The van der Waals surface area contributed by atoms with Crippen molar-refractivity contribution in [2.45, 2.75) is 32.7 Å². The highest BCUT2D eigenvalue weighted by molar-refractivity contribution is 5.94. The highest BCUT2D eigenvalue weighted by Gasteiger charge is 2.11. The Bertz CT molecular complexity index is 494. The first-order valence-corrected chi connectivity index (χ1v) is 6.97. The number of unbranched alkanes of at least 4 members (excludes halogenated alkanes) is 1. The number of carboxylic acid groups (broad SMARTS) is 1. The number of ether oxygens (including phenoxy) is 1. The van der Waals surface area contributed by atoms with E-state index in [2.05, 4.69) is 12.2 Å². The molecular formula is C16H21NO4. The summed E-state index contributed by atoms with van der Waals surface area (Å²) in [5, 5.41) is 11.0. The van der Waals surface area contributed by atoms with Crippen LogP contribution in [0, 0.1) is 0 Å². The van der Waals surface area contributed by atoms with Gasteiger partial charge in [0.2, 0.25) is 5.91 Å². The quantitative estimate of drug-likeness (QED) is 0.570. The summed E-state index contributed by atoms with van der Waals surface area (Å²) in [5.41, 5.74) is 0.843. The molecule has 5 nitrogen and oxygen atoms in total. The van der Waals surface area contributed by atoms with Crippen molar-refractivity contribution < 1.29 is 19.4 Å². The average Bonchev–Trinajstić information content (AvgIpc) is 2.46. The summed E-state index contributed by atoms with van der Waals surface area (Å²) in [7, 11) is 0. The van der Waals surface area contributed by atoms with Crippen LogP contribution in [0.5, 0.6) is 5.75 Å². The molecular weight excluding hydrogens is 270 g/mol. The van der Waals surface area contributed by atoms with E-state index in [0.717, 1.165) is 24.2 Å². The molecule has 21 heavy (non-hydrogen) atoms. The van der Waals surface area contributed by atoms with Crippen LogP contribution in [-0.2, 0) is 9.59 Å². The first-order valence-electron chi connectivity index (χ1n) is 6.97. The molecule has 0 fully saturated rings. The number of hydrogen-bond acceptors (Lipinski definition) is 3. The second kappa shape index (κ2) is 8.79. The van der Waals surface area contributed by atoms with E-state index in [-0.39, 0.29) is 0 Å². The molecule has 1 aromatic rings. The van der Waals surface area contributed by atoms with Crippen LogP contribution in [-0.4, -0.2) is 29.6 Å². The molecule has 0 spiro atoms. The van der Waals surface area contributed by atoms with Crippen LogP contribution in [0.1, 0.15) is 32.3 Å². The molecule has 0 aliphatic rings. The zero-order chi connectivity index (χ0) is 15.7. The second-order valence-corrected chi connectivity index (χ2v) is 4.67. The summed E-state index contributed by atoms with van der Waals surface area (Å²) in [6.07, 6.45) is 5.04. The van der Waals surface area contributed by atoms with Gasteiger partial charge in [-0.3, -0.25) is 9.59 Å². The largest absolute Gasteiger partial charge is 0.494 e. The van der Waals surface area contributed by atoms with Gasteiger partial charge in [-0.2, -0.15) is 0 Å². The third-order valence-electron chi connectivity index (χ3n) is 2.80. The van der Waals surface area contributed by atoms with Crippen molar-refractivity contribution in [3.8, 4) is 5.75 Å². The van der Waals surface area contributed by atoms with Crippen LogP contribution in [0.4, 0.5) is 0 Å². The van der Waals surface area contributed by atoms with Crippen LogP contribution in [0.15, 0.2) is 30.3 Å². The Kier molecular flexibility index (Phi) is 7.01. The number of nitrogens with one attached hydrogen (secondary N) is 1. The van der Waals surface area contributed by atoms with Gasteiger partial charge < -0.3 is 15.2 Å². The Morgan fingerprint density at radius 3 is 2.57 bits per heavy atom. The van der Waals surface area contributed by atoms with Gasteiger partial charge in [-0.1, -0.05) is 25.5 Å². The number of amides is 1. The van der Waals surface area contributed by atoms with Crippen molar-refractivity contribution in [1.29, 1.82) is 0 Å². The monoisotopic (exact) mass is 291 g/mol. The summed E-state index contributed by atoms with van der Waals surface area (Å²) in [5.74, 6) is -0.706. The molecule has 0 aliphatic heterocycles. The number of carboxylic acids is 1. The zero-order valence-electron chi connectivity index (χ0n) is 12.3. The Morgan fingerprint density at radius 1 is 1.33 bits per heavy atom. The van der Waals surface area contributed by atoms with E-state index in [1.165, 1.54) is 13.0 Å². The van der Waals surface area contributed by atoms with Crippen molar-refractivity contribution >= 4 is 18.0 Å². The smallest absolute Gasteiger partial charge is 0.325 e.